The van der Waals surface area contributed by atoms with E-state index in [0.29, 0.717) is 12.4 Å². The molecule has 0 aromatic carbocycles. The second kappa shape index (κ2) is 6.02. The lowest BCUT2D eigenvalue weighted by molar-refractivity contribution is 0.177. The lowest BCUT2D eigenvalue weighted by Crippen LogP contribution is -2.43. The fraction of sp³-hybridized carbons (Fsp3) is 0.667. The summed E-state index contributed by atoms with van der Waals surface area (Å²) in [6.45, 7) is 0.361. The summed E-state index contributed by atoms with van der Waals surface area (Å²) in [6, 6.07) is 1.91. The van der Waals surface area contributed by atoms with Crippen LogP contribution in [0.25, 0.3) is 0 Å². The summed E-state index contributed by atoms with van der Waals surface area (Å²) in [5.41, 5.74) is 0.933. The van der Waals surface area contributed by atoms with Gasteiger partial charge in [-0.2, -0.15) is 0 Å². The summed E-state index contributed by atoms with van der Waals surface area (Å²) >= 11 is 0. The summed E-state index contributed by atoms with van der Waals surface area (Å²) in [4.78, 5) is 8.77. The molecule has 0 unspecified atom stereocenters. The highest BCUT2D eigenvalue weighted by Gasteiger charge is 2.33. The summed E-state index contributed by atoms with van der Waals surface area (Å²) in [5.74, 6) is 1.65. The fourth-order valence-electron chi connectivity index (χ4n) is 2.31. The average Bonchev–Trinajstić information content (AvgIpc) is 2.32. The second-order valence-corrected chi connectivity index (χ2v) is 6.81. The van der Waals surface area contributed by atoms with Crippen LogP contribution < -0.4 is 10.0 Å². The van der Waals surface area contributed by atoms with Gasteiger partial charge in [-0.25, -0.2) is 23.1 Å². The molecule has 1 saturated carbocycles. The van der Waals surface area contributed by atoms with Crippen molar-refractivity contribution in [3.8, 4) is 0 Å². The molecule has 2 rings (SSSR count). The van der Waals surface area contributed by atoms with Crippen LogP contribution in [-0.4, -0.2) is 44.8 Å². The first-order chi connectivity index (χ1) is 9.41. The van der Waals surface area contributed by atoms with Crippen LogP contribution >= 0.6 is 0 Å². The van der Waals surface area contributed by atoms with Gasteiger partial charge in [-0.15, -0.1) is 0 Å². The van der Waals surface area contributed by atoms with Crippen LogP contribution in [0.2, 0.25) is 0 Å². The molecule has 0 radical (unpaired) electrons. The van der Waals surface area contributed by atoms with Gasteiger partial charge < -0.3 is 10.1 Å². The third-order valence-electron chi connectivity index (χ3n) is 3.26. The predicted octanol–water partition coefficient (Wildman–Crippen LogP) is 0.460. The number of rotatable bonds is 6. The molecule has 1 aromatic rings. The number of ether oxygens (including phenoxy) is 1. The van der Waals surface area contributed by atoms with Crippen molar-refractivity contribution in [1.29, 1.82) is 0 Å². The molecule has 0 amide bonds. The van der Waals surface area contributed by atoms with Crippen LogP contribution in [0, 0.1) is 0 Å². The minimum atomic E-state index is -3.13. The van der Waals surface area contributed by atoms with E-state index in [1.54, 1.807) is 14.2 Å². The molecule has 2 N–H and O–H groups in total. The Balaban J connectivity index is 2.05. The number of nitrogens with zero attached hydrogens (tertiary/aromatic N) is 2. The van der Waals surface area contributed by atoms with Crippen molar-refractivity contribution in [3.63, 3.8) is 0 Å². The second-order valence-electron chi connectivity index (χ2n) is 5.03. The van der Waals surface area contributed by atoms with Gasteiger partial charge in [0.2, 0.25) is 10.0 Å². The van der Waals surface area contributed by atoms with Crippen molar-refractivity contribution in [2.75, 3.05) is 25.7 Å². The van der Waals surface area contributed by atoms with Gasteiger partial charge in [0.05, 0.1) is 6.26 Å². The van der Waals surface area contributed by atoms with E-state index >= 15 is 0 Å². The maximum absolute atomic E-state index is 11.2. The standard InChI is InChI=1S/C12H20N4O3S/c1-13-11-6-10(14-12(15-11)7-19-2)8-4-9(5-8)16-20(3,17)18/h6,8-9,16H,4-5,7H2,1-3H3,(H,13,14,15). The number of sulfonamides is 1. The monoisotopic (exact) mass is 300 g/mol. The molecule has 0 bridgehead atoms. The zero-order chi connectivity index (χ0) is 14.8. The largest absolute Gasteiger partial charge is 0.377 e. The molecule has 1 aromatic heterocycles. The molecule has 1 fully saturated rings. The van der Waals surface area contributed by atoms with Crippen LogP contribution in [0.3, 0.4) is 0 Å². The molecule has 1 heterocycles. The Morgan fingerprint density at radius 3 is 2.65 bits per heavy atom. The van der Waals surface area contributed by atoms with Gasteiger partial charge in [-0.1, -0.05) is 0 Å². The van der Waals surface area contributed by atoms with Crippen LogP contribution in [0.1, 0.15) is 30.3 Å². The third-order valence-corrected chi connectivity index (χ3v) is 4.02. The Labute approximate surface area is 119 Å². The van der Waals surface area contributed by atoms with E-state index in [2.05, 4.69) is 20.0 Å². The zero-order valence-corrected chi connectivity index (χ0v) is 12.7. The number of hydrogen-bond donors (Lipinski definition) is 2. The molecule has 1 aliphatic rings. The normalized spacial score (nSPS) is 22.4. The Bertz CT molecular complexity index is 570. The highest BCUT2D eigenvalue weighted by molar-refractivity contribution is 7.88. The average molecular weight is 300 g/mol. The van der Waals surface area contributed by atoms with Crippen molar-refractivity contribution in [3.05, 3.63) is 17.6 Å². The first-order valence-electron chi connectivity index (χ1n) is 6.43. The summed E-state index contributed by atoms with van der Waals surface area (Å²) in [7, 11) is 0.270. The van der Waals surface area contributed by atoms with Gasteiger partial charge in [0.15, 0.2) is 5.82 Å². The predicted molar refractivity (Wildman–Crippen MR) is 76.0 cm³/mol. The van der Waals surface area contributed by atoms with E-state index in [1.807, 2.05) is 6.07 Å². The van der Waals surface area contributed by atoms with Crippen molar-refractivity contribution < 1.29 is 13.2 Å². The van der Waals surface area contributed by atoms with Crippen LogP contribution in [0.5, 0.6) is 0 Å². The summed E-state index contributed by atoms with van der Waals surface area (Å²) in [5, 5.41) is 3.00. The van der Waals surface area contributed by atoms with Crippen LogP contribution in [0.15, 0.2) is 6.07 Å². The van der Waals surface area contributed by atoms with E-state index in [9.17, 15) is 8.42 Å². The molecule has 1 aliphatic carbocycles. The quantitative estimate of drug-likeness (QED) is 0.793. The minimum Gasteiger partial charge on any atom is -0.377 e. The number of methoxy groups -OCH3 is 1. The molecular weight excluding hydrogens is 280 g/mol. The Hall–Kier alpha value is -1.25. The molecule has 0 spiro atoms. The van der Waals surface area contributed by atoms with Gasteiger partial charge in [0, 0.05) is 37.9 Å². The van der Waals surface area contributed by atoms with Crippen molar-refractivity contribution in [2.24, 2.45) is 0 Å². The molecule has 8 heteroatoms. The molecule has 20 heavy (non-hydrogen) atoms. The minimum absolute atomic E-state index is 0.00822. The first-order valence-corrected chi connectivity index (χ1v) is 8.32. The Morgan fingerprint density at radius 1 is 1.40 bits per heavy atom. The smallest absolute Gasteiger partial charge is 0.208 e. The molecule has 0 aliphatic heterocycles. The third kappa shape index (κ3) is 3.87. The number of nitrogens with one attached hydrogen (secondary N) is 2. The highest BCUT2D eigenvalue weighted by atomic mass is 32.2. The molecule has 0 saturated heterocycles. The lowest BCUT2D eigenvalue weighted by Gasteiger charge is -2.35. The van der Waals surface area contributed by atoms with E-state index in [0.717, 1.165) is 24.4 Å². The number of anilines is 1. The highest BCUT2D eigenvalue weighted by Crippen LogP contribution is 2.36. The molecule has 112 valence electrons. The Kier molecular flexibility index (Phi) is 4.56. The SMILES string of the molecule is CNc1cc(C2CC(NS(C)(=O)=O)C2)nc(COC)n1. The summed E-state index contributed by atoms with van der Waals surface area (Å²) < 4.78 is 30.0. The van der Waals surface area contributed by atoms with Gasteiger partial charge in [0.1, 0.15) is 12.4 Å². The molecule has 7 nitrogen and oxygen atoms in total. The maximum atomic E-state index is 11.2. The van der Waals surface area contributed by atoms with E-state index in [-0.39, 0.29) is 12.0 Å². The first kappa shape index (κ1) is 15.1. The molecule has 0 atom stereocenters. The van der Waals surface area contributed by atoms with E-state index in [1.165, 1.54) is 6.26 Å². The maximum Gasteiger partial charge on any atom is 0.208 e. The number of aromatic nitrogens is 2. The van der Waals surface area contributed by atoms with Gasteiger partial charge >= 0.3 is 0 Å². The topological polar surface area (TPSA) is 93.2 Å². The summed E-state index contributed by atoms with van der Waals surface area (Å²) in [6.07, 6.45) is 2.71. The number of hydrogen-bond acceptors (Lipinski definition) is 6. The molecular formula is C12H20N4O3S. The van der Waals surface area contributed by atoms with Crippen molar-refractivity contribution >= 4 is 15.8 Å². The van der Waals surface area contributed by atoms with Gasteiger partial charge in [-0.3, -0.25) is 0 Å². The Morgan fingerprint density at radius 2 is 2.10 bits per heavy atom. The van der Waals surface area contributed by atoms with Gasteiger partial charge in [-0.05, 0) is 12.8 Å². The van der Waals surface area contributed by atoms with Crippen molar-refractivity contribution in [2.45, 2.75) is 31.4 Å². The van der Waals surface area contributed by atoms with Crippen molar-refractivity contribution in [1.82, 2.24) is 14.7 Å². The van der Waals surface area contributed by atoms with Crippen LogP contribution in [0.4, 0.5) is 5.82 Å². The van der Waals surface area contributed by atoms with E-state index in [4.69, 9.17) is 4.74 Å². The fourth-order valence-corrected chi connectivity index (χ4v) is 3.10. The van der Waals surface area contributed by atoms with Gasteiger partial charge in [0.25, 0.3) is 0 Å². The van der Waals surface area contributed by atoms with Crippen LogP contribution in [-0.2, 0) is 21.4 Å². The zero-order valence-electron chi connectivity index (χ0n) is 11.9. The van der Waals surface area contributed by atoms with E-state index < -0.39 is 10.0 Å². The lowest BCUT2D eigenvalue weighted by atomic mass is 9.78.